The first-order valence-corrected chi connectivity index (χ1v) is 8.09. The van der Waals surface area contributed by atoms with Crippen LogP contribution < -0.4 is 14.8 Å². The van der Waals surface area contributed by atoms with Crippen LogP contribution in [-0.4, -0.2) is 50.8 Å². The van der Waals surface area contributed by atoms with E-state index in [0.29, 0.717) is 19.1 Å². The Morgan fingerprint density at radius 3 is 2.43 bits per heavy atom. The van der Waals surface area contributed by atoms with Crippen LogP contribution in [0, 0.1) is 0 Å². The van der Waals surface area contributed by atoms with Gasteiger partial charge in [0.05, 0.1) is 0 Å². The molecule has 0 aromatic heterocycles. The molecule has 0 unspecified atom stereocenters. The summed E-state index contributed by atoms with van der Waals surface area (Å²) in [4.78, 5) is 2.54. The first kappa shape index (κ1) is 14.7. The number of rotatable bonds is 4. The Labute approximate surface area is 127 Å². The highest BCUT2D eigenvalue weighted by Crippen LogP contribution is 2.36. The van der Waals surface area contributed by atoms with Crippen LogP contribution in [0.4, 0.5) is 0 Å². The molecule has 4 heteroatoms. The highest BCUT2D eigenvalue weighted by atomic mass is 16.6. The Kier molecular flexibility index (Phi) is 4.66. The van der Waals surface area contributed by atoms with Crippen LogP contribution >= 0.6 is 0 Å². The Bertz CT molecular complexity index is 482. The van der Waals surface area contributed by atoms with E-state index < -0.39 is 0 Å². The first-order valence-electron chi connectivity index (χ1n) is 8.09. The topological polar surface area (TPSA) is 33.7 Å². The van der Waals surface area contributed by atoms with E-state index in [9.17, 15) is 0 Å². The monoisotopic (exact) mass is 290 g/mol. The lowest BCUT2D eigenvalue weighted by Gasteiger charge is -2.28. The van der Waals surface area contributed by atoms with Crippen LogP contribution in [-0.2, 0) is 6.42 Å². The van der Waals surface area contributed by atoms with Gasteiger partial charge >= 0.3 is 0 Å². The van der Waals surface area contributed by atoms with E-state index in [1.807, 2.05) is 0 Å². The summed E-state index contributed by atoms with van der Waals surface area (Å²) in [6, 6.07) is 4.39. The normalized spacial score (nSPS) is 19.0. The van der Waals surface area contributed by atoms with Crippen molar-refractivity contribution < 1.29 is 9.47 Å². The van der Waals surface area contributed by atoms with Gasteiger partial charge in [0.15, 0.2) is 11.5 Å². The standard InChI is InChI=1S/C17H26N2O2/c1-13(2)15-12-17-16(20-9-10-21-17)11-14(15)3-6-19-7-4-18-5-8-19/h11-13,18H,3-10H2,1-2H3. The molecule has 0 amide bonds. The second-order valence-electron chi connectivity index (χ2n) is 6.19. The number of fused-ring (bicyclic) bond motifs is 1. The third kappa shape index (κ3) is 3.50. The molecule has 1 fully saturated rings. The van der Waals surface area contributed by atoms with E-state index >= 15 is 0 Å². The van der Waals surface area contributed by atoms with Gasteiger partial charge in [0, 0.05) is 32.7 Å². The molecule has 3 rings (SSSR count). The number of nitrogens with zero attached hydrogens (tertiary/aromatic N) is 1. The Morgan fingerprint density at radius 2 is 1.76 bits per heavy atom. The molecule has 0 spiro atoms. The first-order chi connectivity index (χ1) is 10.2. The van der Waals surface area contributed by atoms with Crippen LogP contribution in [0.1, 0.15) is 30.9 Å². The molecule has 0 aliphatic carbocycles. The summed E-state index contributed by atoms with van der Waals surface area (Å²) >= 11 is 0. The molecule has 21 heavy (non-hydrogen) atoms. The fourth-order valence-corrected chi connectivity index (χ4v) is 3.11. The lowest BCUT2D eigenvalue weighted by Crippen LogP contribution is -2.44. The average Bonchev–Trinajstić information content (AvgIpc) is 2.53. The molecule has 116 valence electrons. The van der Waals surface area contributed by atoms with Crippen molar-refractivity contribution in [3.63, 3.8) is 0 Å². The van der Waals surface area contributed by atoms with Crippen molar-refractivity contribution in [2.45, 2.75) is 26.2 Å². The maximum atomic E-state index is 5.74. The minimum atomic E-state index is 0.513. The zero-order chi connectivity index (χ0) is 14.7. The van der Waals surface area contributed by atoms with Gasteiger partial charge in [-0.05, 0) is 35.6 Å². The van der Waals surface area contributed by atoms with Gasteiger partial charge in [-0.2, -0.15) is 0 Å². The number of nitrogens with one attached hydrogen (secondary N) is 1. The fourth-order valence-electron chi connectivity index (χ4n) is 3.11. The third-order valence-corrected chi connectivity index (χ3v) is 4.33. The molecular formula is C17H26N2O2. The number of hydrogen-bond acceptors (Lipinski definition) is 4. The number of piperazine rings is 1. The van der Waals surface area contributed by atoms with Crippen molar-refractivity contribution in [2.24, 2.45) is 0 Å². The Balaban J connectivity index is 1.75. The van der Waals surface area contributed by atoms with Gasteiger partial charge in [-0.3, -0.25) is 0 Å². The van der Waals surface area contributed by atoms with E-state index in [1.165, 1.54) is 11.1 Å². The molecule has 0 atom stereocenters. The van der Waals surface area contributed by atoms with Gasteiger partial charge in [0.1, 0.15) is 13.2 Å². The van der Waals surface area contributed by atoms with E-state index in [4.69, 9.17) is 9.47 Å². The SMILES string of the molecule is CC(C)c1cc2c(cc1CCN1CCNCC1)OCCO2. The average molecular weight is 290 g/mol. The van der Waals surface area contributed by atoms with Crippen LogP contribution in [0.3, 0.4) is 0 Å². The predicted molar refractivity (Wildman–Crippen MR) is 84.5 cm³/mol. The molecule has 2 aliphatic heterocycles. The van der Waals surface area contributed by atoms with Gasteiger partial charge in [-0.25, -0.2) is 0 Å². The minimum Gasteiger partial charge on any atom is -0.486 e. The predicted octanol–water partition coefficient (Wildman–Crippen LogP) is 2.03. The second kappa shape index (κ2) is 6.67. The highest BCUT2D eigenvalue weighted by Gasteiger charge is 2.18. The maximum Gasteiger partial charge on any atom is 0.161 e. The molecule has 2 aliphatic rings. The van der Waals surface area contributed by atoms with Crippen molar-refractivity contribution in [3.05, 3.63) is 23.3 Å². The van der Waals surface area contributed by atoms with E-state index in [1.54, 1.807) is 0 Å². The number of benzene rings is 1. The molecule has 1 saturated heterocycles. The number of ether oxygens (including phenoxy) is 2. The highest BCUT2D eigenvalue weighted by molar-refractivity contribution is 5.49. The largest absolute Gasteiger partial charge is 0.486 e. The molecular weight excluding hydrogens is 264 g/mol. The van der Waals surface area contributed by atoms with E-state index in [2.05, 4.69) is 36.2 Å². The molecule has 1 aromatic carbocycles. The van der Waals surface area contributed by atoms with Crippen molar-refractivity contribution in [2.75, 3.05) is 45.9 Å². The molecule has 1 aromatic rings. The van der Waals surface area contributed by atoms with Crippen LogP contribution in [0.5, 0.6) is 11.5 Å². The summed E-state index contributed by atoms with van der Waals surface area (Å²) < 4.78 is 11.5. The van der Waals surface area contributed by atoms with E-state index in [0.717, 1.165) is 50.6 Å². The smallest absolute Gasteiger partial charge is 0.161 e. The van der Waals surface area contributed by atoms with Crippen molar-refractivity contribution >= 4 is 0 Å². The molecule has 4 nitrogen and oxygen atoms in total. The van der Waals surface area contributed by atoms with Gasteiger partial charge in [0.25, 0.3) is 0 Å². The molecule has 2 heterocycles. The summed E-state index contributed by atoms with van der Waals surface area (Å²) in [5.74, 6) is 2.34. The maximum absolute atomic E-state index is 5.74. The van der Waals surface area contributed by atoms with Gasteiger partial charge in [-0.1, -0.05) is 13.8 Å². The van der Waals surface area contributed by atoms with Crippen LogP contribution in [0.2, 0.25) is 0 Å². The zero-order valence-corrected chi connectivity index (χ0v) is 13.2. The number of hydrogen-bond donors (Lipinski definition) is 1. The Hall–Kier alpha value is -1.26. The lowest BCUT2D eigenvalue weighted by molar-refractivity contribution is 0.171. The van der Waals surface area contributed by atoms with E-state index in [-0.39, 0.29) is 0 Å². The summed E-state index contributed by atoms with van der Waals surface area (Å²) in [5.41, 5.74) is 2.81. The molecule has 0 radical (unpaired) electrons. The minimum absolute atomic E-state index is 0.513. The third-order valence-electron chi connectivity index (χ3n) is 4.33. The molecule has 1 N–H and O–H groups in total. The molecule has 0 bridgehead atoms. The summed E-state index contributed by atoms with van der Waals surface area (Å²) in [6.45, 7) is 11.5. The summed E-state index contributed by atoms with van der Waals surface area (Å²) in [5, 5.41) is 3.41. The van der Waals surface area contributed by atoms with Gasteiger partial charge in [0.2, 0.25) is 0 Å². The molecule has 0 saturated carbocycles. The summed E-state index contributed by atoms with van der Waals surface area (Å²) in [7, 11) is 0. The lowest BCUT2D eigenvalue weighted by atomic mass is 9.94. The Morgan fingerprint density at radius 1 is 1.10 bits per heavy atom. The summed E-state index contributed by atoms with van der Waals surface area (Å²) in [6.07, 6.45) is 1.09. The van der Waals surface area contributed by atoms with Crippen LogP contribution in [0.15, 0.2) is 12.1 Å². The quantitative estimate of drug-likeness (QED) is 0.920. The van der Waals surface area contributed by atoms with Crippen molar-refractivity contribution in [3.8, 4) is 11.5 Å². The van der Waals surface area contributed by atoms with Crippen LogP contribution in [0.25, 0.3) is 0 Å². The van der Waals surface area contributed by atoms with Crippen molar-refractivity contribution in [1.82, 2.24) is 10.2 Å². The second-order valence-corrected chi connectivity index (χ2v) is 6.19. The van der Waals surface area contributed by atoms with Gasteiger partial charge < -0.3 is 19.7 Å². The fraction of sp³-hybridized carbons (Fsp3) is 0.647. The van der Waals surface area contributed by atoms with Crippen molar-refractivity contribution in [1.29, 1.82) is 0 Å². The zero-order valence-electron chi connectivity index (χ0n) is 13.2. The van der Waals surface area contributed by atoms with Gasteiger partial charge in [-0.15, -0.1) is 0 Å².